The summed E-state index contributed by atoms with van der Waals surface area (Å²) in [5, 5.41) is 14.5. The van der Waals surface area contributed by atoms with E-state index in [1.807, 2.05) is 6.92 Å². The molecular formula is C17H21N5O2S. The van der Waals surface area contributed by atoms with E-state index >= 15 is 0 Å². The Hall–Kier alpha value is -2.06. The zero-order valence-electron chi connectivity index (χ0n) is 14.6. The lowest BCUT2D eigenvalue weighted by molar-refractivity contribution is 0.0755. The number of fused-ring (bicyclic) bond motifs is 5. The summed E-state index contributed by atoms with van der Waals surface area (Å²) >= 11 is 1.74. The molecule has 4 rings (SSSR count). The van der Waals surface area contributed by atoms with Crippen LogP contribution in [0.2, 0.25) is 0 Å². The van der Waals surface area contributed by atoms with Gasteiger partial charge in [0.2, 0.25) is 5.82 Å². The molecule has 1 amide bonds. The van der Waals surface area contributed by atoms with E-state index in [9.17, 15) is 4.79 Å². The van der Waals surface area contributed by atoms with Crippen molar-refractivity contribution in [2.24, 2.45) is 0 Å². The van der Waals surface area contributed by atoms with Gasteiger partial charge in [-0.15, -0.1) is 16.4 Å². The van der Waals surface area contributed by atoms with Crippen LogP contribution in [0.25, 0.3) is 15.9 Å². The van der Waals surface area contributed by atoms with E-state index in [0.29, 0.717) is 5.92 Å². The molecule has 8 heteroatoms. The van der Waals surface area contributed by atoms with Crippen molar-refractivity contribution in [3.8, 4) is 0 Å². The summed E-state index contributed by atoms with van der Waals surface area (Å²) in [6.07, 6.45) is 3.46. The van der Waals surface area contributed by atoms with Gasteiger partial charge in [0.05, 0.1) is 12.0 Å². The molecular weight excluding hydrogens is 338 g/mol. The molecule has 1 N–H and O–H groups in total. The summed E-state index contributed by atoms with van der Waals surface area (Å²) in [5.74, 6) is 1.06. The van der Waals surface area contributed by atoms with Gasteiger partial charge < -0.3 is 10.0 Å². The molecule has 0 aliphatic heterocycles. The molecule has 1 aliphatic rings. The predicted octanol–water partition coefficient (Wildman–Crippen LogP) is 2.15. The number of thiophene rings is 1. The molecule has 3 aromatic rings. The maximum Gasteiger partial charge on any atom is 0.293 e. The smallest absolute Gasteiger partial charge is 0.293 e. The fourth-order valence-electron chi connectivity index (χ4n) is 3.60. The van der Waals surface area contributed by atoms with Crippen LogP contribution in [0.5, 0.6) is 0 Å². The lowest BCUT2D eigenvalue weighted by Crippen LogP contribution is -2.30. The number of carbonyl (C=O) groups excluding carboxylic acids is 1. The Labute approximate surface area is 149 Å². The van der Waals surface area contributed by atoms with Crippen molar-refractivity contribution in [3.05, 3.63) is 22.1 Å². The number of aliphatic hydroxyl groups is 1. The second-order valence-corrected chi connectivity index (χ2v) is 7.78. The fraction of sp³-hybridized carbons (Fsp3) is 0.529. The van der Waals surface area contributed by atoms with Crippen molar-refractivity contribution in [2.75, 3.05) is 20.2 Å². The lowest BCUT2D eigenvalue weighted by Gasteiger charge is -2.18. The van der Waals surface area contributed by atoms with Crippen molar-refractivity contribution in [1.29, 1.82) is 0 Å². The van der Waals surface area contributed by atoms with E-state index in [0.717, 1.165) is 34.5 Å². The Morgan fingerprint density at radius 3 is 3.00 bits per heavy atom. The largest absolute Gasteiger partial charge is 0.395 e. The number of aliphatic hydroxyl groups excluding tert-OH is 1. The fourth-order valence-corrected chi connectivity index (χ4v) is 4.97. The van der Waals surface area contributed by atoms with Crippen LogP contribution >= 0.6 is 11.3 Å². The minimum Gasteiger partial charge on any atom is -0.395 e. The molecule has 0 spiro atoms. The minimum atomic E-state index is -0.289. The Morgan fingerprint density at radius 1 is 1.44 bits per heavy atom. The zero-order chi connectivity index (χ0) is 17.7. The molecule has 3 aromatic heterocycles. The molecule has 7 nitrogen and oxygen atoms in total. The van der Waals surface area contributed by atoms with Gasteiger partial charge >= 0.3 is 0 Å². The van der Waals surface area contributed by atoms with Crippen molar-refractivity contribution in [3.63, 3.8) is 0 Å². The Kier molecular flexibility index (Phi) is 3.96. The molecule has 1 atom stereocenters. The molecule has 0 aromatic carbocycles. The van der Waals surface area contributed by atoms with E-state index in [2.05, 4.69) is 17.0 Å². The van der Waals surface area contributed by atoms with Crippen molar-refractivity contribution >= 4 is 33.1 Å². The van der Waals surface area contributed by atoms with Crippen molar-refractivity contribution in [1.82, 2.24) is 24.5 Å². The second-order valence-electron chi connectivity index (χ2n) is 6.69. The number of likely N-dealkylation sites (N-methyl/N-ethyl adjacent to an activating group) is 1. The van der Waals surface area contributed by atoms with Crippen LogP contribution in [0, 0.1) is 6.92 Å². The van der Waals surface area contributed by atoms with Crippen LogP contribution < -0.4 is 0 Å². The van der Waals surface area contributed by atoms with Gasteiger partial charge in [0, 0.05) is 18.5 Å². The second kappa shape index (κ2) is 6.03. The number of carbonyl (C=O) groups is 1. The molecule has 25 heavy (non-hydrogen) atoms. The van der Waals surface area contributed by atoms with Crippen molar-refractivity contribution < 1.29 is 9.90 Å². The molecule has 3 heterocycles. The van der Waals surface area contributed by atoms with Crippen LogP contribution in [0.15, 0.2) is 0 Å². The lowest BCUT2D eigenvalue weighted by atomic mass is 9.87. The first-order valence-corrected chi connectivity index (χ1v) is 9.38. The average Bonchev–Trinajstić information content (AvgIpc) is 3.16. The van der Waals surface area contributed by atoms with Gasteiger partial charge in [0.15, 0.2) is 5.65 Å². The quantitative estimate of drug-likeness (QED) is 0.775. The number of nitrogens with zero attached hydrogens (tertiary/aromatic N) is 5. The highest BCUT2D eigenvalue weighted by molar-refractivity contribution is 7.19. The maximum atomic E-state index is 12.5. The highest BCUT2D eigenvalue weighted by Gasteiger charge is 2.27. The van der Waals surface area contributed by atoms with Crippen LogP contribution in [0.3, 0.4) is 0 Å². The number of aromatic nitrogens is 4. The van der Waals surface area contributed by atoms with E-state index < -0.39 is 0 Å². The molecule has 0 radical (unpaired) electrons. The number of hydrogen-bond donors (Lipinski definition) is 1. The summed E-state index contributed by atoms with van der Waals surface area (Å²) in [6, 6.07) is 0. The highest BCUT2D eigenvalue weighted by atomic mass is 32.1. The third-order valence-electron chi connectivity index (χ3n) is 4.91. The van der Waals surface area contributed by atoms with Crippen LogP contribution in [0.4, 0.5) is 0 Å². The standard InChI is InChI=1S/C17H21N5O2S/c1-9-5-4-6-11-12(9)13-15-19-14(17(24)21(3)7-8-23)20-22(15)10(2)18-16(13)25-11/h9,23H,4-8H2,1-3H3. The topological polar surface area (TPSA) is 83.6 Å². The van der Waals surface area contributed by atoms with Crippen LogP contribution in [-0.2, 0) is 6.42 Å². The van der Waals surface area contributed by atoms with E-state index in [-0.39, 0.29) is 24.9 Å². The molecule has 1 unspecified atom stereocenters. The highest BCUT2D eigenvalue weighted by Crippen LogP contribution is 2.42. The zero-order valence-corrected chi connectivity index (χ0v) is 15.4. The van der Waals surface area contributed by atoms with Crippen LogP contribution in [-0.4, -0.2) is 55.7 Å². The monoisotopic (exact) mass is 359 g/mol. The first-order valence-electron chi connectivity index (χ1n) is 8.56. The van der Waals surface area contributed by atoms with Gasteiger partial charge in [-0.05, 0) is 37.7 Å². The SMILES string of the molecule is Cc1nc2sc3c(c2c2nc(C(=O)N(C)CCO)nn12)C(C)CCC3. The number of rotatable bonds is 3. The summed E-state index contributed by atoms with van der Waals surface area (Å²) < 4.78 is 1.68. The molecule has 1 aliphatic carbocycles. The molecule has 0 saturated carbocycles. The van der Waals surface area contributed by atoms with Gasteiger partial charge in [-0.3, -0.25) is 4.79 Å². The average molecular weight is 359 g/mol. The van der Waals surface area contributed by atoms with Gasteiger partial charge in [0.25, 0.3) is 5.91 Å². The van der Waals surface area contributed by atoms with E-state index in [4.69, 9.17) is 10.1 Å². The van der Waals surface area contributed by atoms with Gasteiger partial charge in [-0.2, -0.15) is 4.52 Å². The van der Waals surface area contributed by atoms with E-state index in [1.165, 1.54) is 21.8 Å². The molecule has 0 bridgehead atoms. The maximum absolute atomic E-state index is 12.5. The van der Waals surface area contributed by atoms with Crippen LogP contribution in [0.1, 0.15) is 52.6 Å². The first-order chi connectivity index (χ1) is 12.0. The van der Waals surface area contributed by atoms with Gasteiger partial charge in [0.1, 0.15) is 10.7 Å². The number of aryl methyl sites for hydroxylation is 2. The number of amides is 1. The Bertz CT molecular complexity index is 977. The summed E-state index contributed by atoms with van der Waals surface area (Å²) in [7, 11) is 1.64. The predicted molar refractivity (Wildman–Crippen MR) is 96.3 cm³/mol. The van der Waals surface area contributed by atoms with E-state index in [1.54, 1.807) is 22.9 Å². The molecule has 0 fully saturated rings. The van der Waals surface area contributed by atoms with Gasteiger partial charge in [-0.1, -0.05) is 6.92 Å². The number of hydrogen-bond acceptors (Lipinski definition) is 6. The summed E-state index contributed by atoms with van der Waals surface area (Å²) in [6.45, 7) is 4.30. The summed E-state index contributed by atoms with van der Waals surface area (Å²) in [5.41, 5.74) is 2.05. The minimum absolute atomic E-state index is 0.0873. The van der Waals surface area contributed by atoms with Gasteiger partial charge in [-0.25, -0.2) is 9.97 Å². The third kappa shape index (κ3) is 2.51. The molecule has 0 saturated heterocycles. The molecule has 132 valence electrons. The third-order valence-corrected chi connectivity index (χ3v) is 6.07. The normalized spacial score (nSPS) is 17.2. The first kappa shape index (κ1) is 16.4. The summed E-state index contributed by atoms with van der Waals surface area (Å²) in [4.78, 5) is 25.6. The van der Waals surface area contributed by atoms with Crippen molar-refractivity contribution in [2.45, 2.75) is 39.0 Å². The Morgan fingerprint density at radius 2 is 2.24 bits per heavy atom. The Balaban J connectivity index is 1.94.